The van der Waals surface area contributed by atoms with Crippen molar-refractivity contribution >= 4 is 31.6 Å². The number of hydrogen-bond donors (Lipinski definition) is 3. The molecule has 2 rings (SSSR count). The van der Waals surface area contributed by atoms with Crippen molar-refractivity contribution < 1.29 is 8.42 Å². The van der Waals surface area contributed by atoms with Crippen molar-refractivity contribution in [3.63, 3.8) is 0 Å². The molecule has 0 bridgehead atoms. The van der Waals surface area contributed by atoms with Gasteiger partial charge in [-0.1, -0.05) is 0 Å². The number of H-pyrrole nitrogens is 1. The molecule has 0 aliphatic rings. The first-order chi connectivity index (χ1) is 8.47. The predicted molar refractivity (Wildman–Crippen MR) is 71.4 cm³/mol. The van der Waals surface area contributed by atoms with Crippen molar-refractivity contribution in [1.82, 2.24) is 9.97 Å². The number of primary sulfonamides is 1. The number of aromatic amines is 1. The summed E-state index contributed by atoms with van der Waals surface area (Å²) in [5.41, 5.74) is 1.70. The molecule has 1 heterocycles. The molecule has 0 atom stereocenters. The Kier molecular flexibility index (Phi) is 3.69. The first-order valence-corrected chi connectivity index (χ1v) is 7.34. The Hall–Kier alpha value is -1.38. The monoisotopic (exact) mass is 330 g/mol. The van der Waals surface area contributed by atoms with E-state index in [1.807, 2.05) is 0 Å². The number of nitrogens with two attached hydrogens (primary N) is 1. The van der Waals surface area contributed by atoms with E-state index in [1.165, 1.54) is 12.1 Å². The van der Waals surface area contributed by atoms with Gasteiger partial charge in [-0.25, -0.2) is 18.5 Å². The van der Waals surface area contributed by atoms with Crippen molar-refractivity contribution in [2.24, 2.45) is 5.14 Å². The minimum atomic E-state index is -3.67. The molecule has 1 aromatic heterocycles. The van der Waals surface area contributed by atoms with Crippen LogP contribution in [0.5, 0.6) is 0 Å². The van der Waals surface area contributed by atoms with Crippen LogP contribution < -0.4 is 10.5 Å². The number of nitrogens with zero attached hydrogens (tertiary/aromatic N) is 1. The molecule has 0 fully saturated rings. The van der Waals surface area contributed by atoms with Gasteiger partial charge in [0.15, 0.2) is 0 Å². The molecule has 0 aliphatic carbocycles. The fraction of sp³-hybridized carbons (Fsp3) is 0.100. The third kappa shape index (κ3) is 3.09. The zero-order valence-electron chi connectivity index (χ0n) is 9.22. The number of nitrogens with one attached hydrogen (secondary N) is 2. The van der Waals surface area contributed by atoms with Crippen molar-refractivity contribution in [3.8, 4) is 0 Å². The first kappa shape index (κ1) is 13.1. The average Bonchev–Trinajstić information content (AvgIpc) is 2.79. The zero-order valence-corrected chi connectivity index (χ0v) is 11.6. The summed E-state index contributed by atoms with van der Waals surface area (Å²) in [7, 11) is -3.67. The van der Waals surface area contributed by atoms with Crippen molar-refractivity contribution in [1.29, 1.82) is 0 Å². The Labute approximate surface area is 113 Å². The van der Waals surface area contributed by atoms with Crippen LogP contribution in [0.25, 0.3) is 0 Å². The topological polar surface area (TPSA) is 101 Å². The van der Waals surface area contributed by atoms with Crippen LogP contribution in [0.3, 0.4) is 0 Å². The lowest BCUT2D eigenvalue weighted by atomic mass is 10.3. The SMILES string of the molecule is NS(=O)(=O)c1ccc(NCc2cnc[nH]2)c(Br)c1. The van der Waals surface area contributed by atoms with Crippen LogP contribution in [0.4, 0.5) is 5.69 Å². The highest BCUT2D eigenvalue weighted by Gasteiger charge is 2.10. The predicted octanol–water partition coefficient (Wildman–Crippen LogP) is 1.43. The van der Waals surface area contributed by atoms with Crippen molar-refractivity contribution in [2.75, 3.05) is 5.32 Å². The molecule has 2 aromatic rings. The minimum absolute atomic E-state index is 0.0708. The molecule has 0 radical (unpaired) electrons. The largest absolute Gasteiger partial charge is 0.379 e. The number of halogens is 1. The molecule has 96 valence electrons. The normalized spacial score (nSPS) is 11.4. The summed E-state index contributed by atoms with van der Waals surface area (Å²) in [6, 6.07) is 4.57. The van der Waals surface area contributed by atoms with E-state index in [-0.39, 0.29) is 4.90 Å². The second-order valence-corrected chi connectivity index (χ2v) is 6.03. The van der Waals surface area contributed by atoms with Crippen LogP contribution in [0, 0.1) is 0 Å². The van der Waals surface area contributed by atoms with E-state index in [9.17, 15) is 8.42 Å². The Morgan fingerprint density at radius 3 is 2.78 bits per heavy atom. The Balaban J connectivity index is 2.15. The minimum Gasteiger partial charge on any atom is -0.379 e. The van der Waals surface area contributed by atoms with Gasteiger partial charge in [0.1, 0.15) is 0 Å². The average molecular weight is 331 g/mol. The molecule has 0 spiro atoms. The number of sulfonamides is 1. The highest BCUT2D eigenvalue weighted by atomic mass is 79.9. The van der Waals surface area contributed by atoms with E-state index in [0.29, 0.717) is 11.0 Å². The first-order valence-electron chi connectivity index (χ1n) is 5.00. The van der Waals surface area contributed by atoms with Gasteiger partial charge in [-0.3, -0.25) is 0 Å². The molecule has 4 N–H and O–H groups in total. The van der Waals surface area contributed by atoms with Crippen LogP contribution >= 0.6 is 15.9 Å². The fourth-order valence-corrected chi connectivity index (χ4v) is 2.60. The van der Waals surface area contributed by atoms with Crippen molar-refractivity contribution in [2.45, 2.75) is 11.4 Å². The molecule has 6 nitrogen and oxygen atoms in total. The van der Waals surface area contributed by atoms with Gasteiger partial charge in [0.2, 0.25) is 10.0 Å². The summed E-state index contributed by atoms with van der Waals surface area (Å²) in [6.07, 6.45) is 3.30. The Morgan fingerprint density at radius 1 is 1.44 bits per heavy atom. The highest BCUT2D eigenvalue weighted by molar-refractivity contribution is 9.10. The molecule has 0 unspecified atom stereocenters. The van der Waals surface area contributed by atoms with Gasteiger partial charge in [-0.15, -0.1) is 0 Å². The second-order valence-electron chi connectivity index (χ2n) is 3.62. The van der Waals surface area contributed by atoms with E-state index in [2.05, 4.69) is 31.2 Å². The third-order valence-corrected chi connectivity index (χ3v) is 3.86. The lowest BCUT2D eigenvalue weighted by Gasteiger charge is -2.08. The summed E-state index contributed by atoms with van der Waals surface area (Å²) in [6.45, 7) is 0.563. The van der Waals surface area contributed by atoms with E-state index < -0.39 is 10.0 Å². The maximum absolute atomic E-state index is 11.2. The molecule has 8 heteroatoms. The van der Waals surface area contributed by atoms with E-state index in [0.717, 1.165) is 11.4 Å². The van der Waals surface area contributed by atoms with Crippen LogP contribution in [-0.4, -0.2) is 18.4 Å². The zero-order chi connectivity index (χ0) is 13.2. The second kappa shape index (κ2) is 5.09. The standard InChI is InChI=1S/C10H11BrN4O2S/c11-9-3-8(18(12,16)17)1-2-10(9)14-5-7-4-13-6-15-7/h1-4,6,14H,5H2,(H,13,15)(H2,12,16,17). The Bertz CT molecular complexity index is 640. The van der Waals surface area contributed by atoms with Gasteiger partial charge in [0, 0.05) is 16.4 Å². The summed E-state index contributed by atoms with van der Waals surface area (Å²) >= 11 is 3.30. The molecular formula is C10H11BrN4O2S. The number of rotatable bonds is 4. The van der Waals surface area contributed by atoms with Gasteiger partial charge < -0.3 is 10.3 Å². The third-order valence-electron chi connectivity index (χ3n) is 2.29. The van der Waals surface area contributed by atoms with Crippen LogP contribution in [-0.2, 0) is 16.6 Å². The maximum Gasteiger partial charge on any atom is 0.238 e. The smallest absolute Gasteiger partial charge is 0.238 e. The lowest BCUT2D eigenvalue weighted by molar-refractivity contribution is 0.598. The lowest BCUT2D eigenvalue weighted by Crippen LogP contribution is -2.12. The number of anilines is 1. The molecular weight excluding hydrogens is 320 g/mol. The molecule has 18 heavy (non-hydrogen) atoms. The molecule has 0 aliphatic heterocycles. The summed E-state index contributed by atoms with van der Waals surface area (Å²) in [5, 5.41) is 8.18. The van der Waals surface area contributed by atoms with Crippen LogP contribution in [0.1, 0.15) is 5.69 Å². The van der Waals surface area contributed by atoms with E-state index >= 15 is 0 Å². The van der Waals surface area contributed by atoms with Gasteiger partial charge >= 0.3 is 0 Å². The molecule has 0 amide bonds. The van der Waals surface area contributed by atoms with Gasteiger partial charge in [-0.05, 0) is 34.1 Å². The van der Waals surface area contributed by atoms with Gasteiger partial charge in [0.05, 0.1) is 23.5 Å². The number of hydrogen-bond acceptors (Lipinski definition) is 4. The maximum atomic E-state index is 11.2. The number of aromatic nitrogens is 2. The molecule has 0 saturated carbocycles. The van der Waals surface area contributed by atoms with Crippen molar-refractivity contribution in [3.05, 3.63) is 40.9 Å². The van der Waals surface area contributed by atoms with Crippen LogP contribution in [0.2, 0.25) is 0 Å². The number of imidazole rings is 1. The fourth-order valence-electron chi connectivity index (χ4n) is 1.39. The van der Waals surface area contributed by atoms with E-state index in [4.69, 9.17) is 5.14 Å². The van der Waals surface area contributed by atoms with Crippen LogP contribution in [0.15, 0.2) is 40.1 Å². The van der Waals surface area contributed by atoms with Gasteiger partial charge in [-0.2, -0.15) is 0 Å². The summed E-state index contributed by atoms with van der Waals surface area (Å²) in [4.78, 5) is 6.93. The number of benzene rings is 1. The summed E-state index contributed by atoms with van der Waals surface area (Å²) in [5.74, 6) is 0. The quantitative estimate of drug-likeness (QED) is 0.789. The van der Waals surface area contributed by atoms with E-state index in [1.54, 1.807) is 18.6 Å². The summed E-state index contributed by atoms with van der Waals surface area (Å²) < 4.78 is 23.0. The molecule has 1 aromatic carbocycles. The Morgan fingerprint density at radius 2 is 2.22 bits per heavy atom. The highest BCUT2D eigenvalue weighted by Crippen LogP contribution is 2.25. The molecule has 0 saturated heterocycles. The van der Waals surface area contributed by atoms with Gasteiger partial charge in [0.25, 0.3) is 0 Å².